The molecule has 1 aliphatic rings. The van der Waals surface area contributed by atoms with Crippen LogP contribution >= 0.6 is 0 Å². The van der Waals surface area contributed by atoms with Crippen molar-refractivity contribution in [2.45, 2.75) is 25.8 Å². The Bertz CT molecular complexity index is 704. The fraction of sp³-hybridized carbons (Fsp3) is 0.417. The molecule has 2 aromatic rings. The minimum absolute atomic E-state index is 0.176. The minimum Gasteiger partial charge on any atom is -0.464 e. The third kappa shape index (κ3) is 2.06. The van der Waals surface area contributed by atoms with Gasteiger partial charge < -0.3 is 10.1 Å². The van der Waals surface area contributed by atoms with E-state index in [1.54, 1.807) is 4.68 Å². The van der Waals surface area contributed by atoms with Gasteiger partial charge in [0.05, 0.1) is 13.0 Å². The zero-order chi connectivity index (χ0) is 15.0. The van der Waals surface area contributed by atoms with E-state index < -0.39 is 5.97 Å². The largest absolute Gasteiger partial charge is 0.464 e. The topological polar surface area (TPSA) is 115 Å². The smallest absolute Gasteiger partial charge is 0.356 e. The van der Waals surface area contributed by atoms with E-state index in [0.29, 0.717) is 23.8 Å². The van der Waals surface area contributed by atoms with Crippen LogP contribution in [0.3, 0.4) is 0 Å². The van der Waals surface area contributed by atoms with Crippen molar-refractivity contribution in [2.24, 2.45) is 0 Å². The molecular formula is C12H14N6O3. The van der Waals surface area contributed by atoms with E-state index in [1.165, 1.54) is 13.4 Å². The summed E-state index contributed by atoms with van der Waals surface area (Å²) in [5.74, 6) is -0.139. The average Bonchev–Trinajstić information content (AvgIpc) is 3.11. The standard InChI is InChI=1S/C12H14N6O3/c1-3-18-11(13-5-14-18)6-4-7(19)15-10-8(6)9(16-17-10)12(20)21-2/h5-6H,3-4H2,1-2H3,(H2,15,16,17,19)/t6-/m0/s1. The Balaban J connectivity index is 2.14. The molecular weight excluding hydrogens is 276 g/mol. The van der Waals surface area contributed by atoms with E-state index in [2.05, 4.69) is 25.6 Å². The Morgan fingerprint density at radius 3 is 3.10 bits per heavy atom. The molecule has 9 heteroatoms. The maximum atomic E-state index is 11.8. The van der Waals surface area contributed by atoms with Crippen LogP contribution < -0.4 is 5.32 Å². The van der Waals surface area contributed by atoms with Crippen molar-refractivity contribution in [3.8, 4) is 0 Å². The van der Waals surface area contributed by atoms with Gasteiger partial charge in [0.25, 0.3) is 0 Å². The van der Waals surface area contributed by atoms with Crippen molar-refractivity contribution in [1.82, 2.24) is 25.0 Å². The van der Waals surface area contributed by atoms with E-state index in [0.717, 1.165) is 0 Å². The lowest BCUT2D eigenvalue weighted by molar-refractivity contribution is -0.116. The summed E-state index contributed by atoms with van der Waals surface area (Å²) in [6.07, 6.45) is 1.61. The van der Waals surface area contributed by atoms with Gasteiger partial charge in [-0.25, -0.2) is 14.5 Å². The molecule has 0 spiro atoms. The Morgan fingerprint density at radius 1 is 1.57 bits per heavy atom. The lowest BCUT2D eigenvalue weighted by atomic mass is 9.91. The Kier molecular flexibility index (Phi) is 3.16. The molecule has 0 aliphatic carbocycles. The van der Waals surface area contributed by atoms with Gasteiger partial charge in [-0.3, -0.25) is 9.89 Å². The number of methoxy groups -OCH3 is 1. The quantitative estimate of drug-likeness (QED) is 0.785. The zero-order valence-electron chi connectivity index (χ0n) is 11.6. The summed E-state index contributed by atoms with van der Waals surface area (Å²) >= 11 is 0. The SMILES string of the molecule is CCn1ncnc1[C@H]1CC(=O)Nc2n[nH]c(C(=O)OC)c21. The summed E-state index contributed by atoms with van der Waals surface area (Å²) in [5.41, 5.74) is 0.812. The van der Waals surface area contributed by atoms with Crippen LogP contribution in [-0.4, -0.2) is 43.9 Å². The first kappa shape index (κ1) is 13.3. The first-order valence-corrected chi connectivity index (χ1v) is 6.49. The molecule has 9 nitrogen and oxygen atoms in total. The summed E-state index contributed by atoms with van der Waals surface area (Å²) in [6.45, 7) is 2.55. The number of carbonyl (C=O) groups excluding carboxylic acids is 2. The molecule has 0 radical (unpaired) electrons. The summed E-state index contributed by atoms with van der Waals surface area (Å²) in [4.78, 5) is 27.9. The van der Waals surface area contributed by atoms with Gasteiger partial charge in [0, 0.05) is 18.5 Å². The molecule has 21 heavy (non-hydrogen) atoms. The second-order valence-electron chi connectivity index (χ2n) is 4.59. The van der Waals surface area contributed by atoms with Crippen LogP contribution in [0.15, 0.2) is 6.33 Å². The predicted octanol–water partition coefficient (Wildman–Crippen LogP) is 0.282. The number of carbonyl (C=O) groups is 2. The second-order valence-corrected chi connectivity index (χ2v) is 4.59. The Hall–Kier alpha value is -2.71. The van der Waals surface area contributed by atoms with Gasteiger partial charge in [-0.15, -0.1) is 0 Å². The van der Waals surface area contributed by atoms with Gasteiger partial charge in [0.1, 0.15) is 17.8 Å². The van der Waals surface area contributed by atoms with Gasteiger partial charge in [0.2, 0.25) is 5.91 Å². The first-order valence-electron chi connectivity index (χ1n) is 6.49. The number of aromatic amines is 1. The fourth-order valence-electron chi connectivity index (χ4n) is 2.52. The van der Waals surface area contributed by atoms with E-state index in [-0.39, 0.29) is 23.9 Å². The zero-order valence-corrected chi connectivity index (χ0v) is 11.6. The normalized spacial score (nSPS) is 17.2. The van der Waals surface area contributed by atoms with Gasteiger partial charge in [0.15, 0.2) is 5.82 Å². The number of hydrogen-bond donors (Lipinski definition) is 2. The van der Waals surface area contributed by atoms with Crippen molar-refractivity contribution in [3.63, 3.8) is 0 Å². The molecule has 110 valence electrons. The third-order valence-corrected chi connectivity index (χ3v) is 3.45. The maximum absolute atomic E-state index is 11.8. The number of nitrogens with zero attached hydrogens (tertiary/aromatic N) is 4. The summed E-state index contributed by atoms with van der Waals surface area (Å²) in [7, 11) is 1.29. The molecule has 1 amide bonds. The lowest BCUT2D eigenvalue weighted by Crippen LogP contribution is -2.26. The summed E-state index contributed by atoms with van der Waals surface area (Å²) in [5, 5.41) is 13.4. The molecule has 1 aliphatic heterocycles. The predicted molar refractivity (Wildman–Crippen MR) is 70.7 cm³/mol. The van der Waals surface area contributed by atoms with Crippen molar-refractivity contribution in [2.75, 3.05) is 12.4 Å². The van der Waals surface area contributed by atoms with Crippen molar-refractivity contribution in [3.05, 3.63) is 23.4 Å². The highest BCUT2D eigenvalue weighted by molar-refractivity contribution is 5.98. The van der Waals surface area contributed by atoms with Crippen LogP contribution in [0.2, 0.25) is 0 Å². The van der Waals surface area contributed by atoms with Crippen LogP contribution in [0.25, 0.3) is 0 Å². The first-order chi connectivity index (χ1) is 10.2. The number of amides is 1. The van der Waals surface area contributed by atoms with Crippen LogP contribution in [0, 0.1) is 0 Å². The molecule has 0 saturated heterocycles. The molecule has 2 aromatic heterocycles. The average molecular weight is 290 g/mol. The highest BCUT2D eigenvalue weighted by Crippen LogP contribution is 2.37. The highest BCUT2D eigenvalue weighted by atomic mass is 16.5. The molecule has 0 aromatic carbocycles. The third-order valence-electron chi connectivity index (χ3n) is 3.45. The van der Waals surface area contributed by atoms with Crippen molar-refractivity contribution >= 4 is 17.7 Å². The molecule has 0 fully saturated rings. The van der Waals surface area contributed by atoms with Crippen molar-refractivity contribution < 1.29 is 14.3 Å². The summed E-state index contributed by atoms with van der Waals surface area (Å²) < 4.78 is 6.44. The fourth-order valence-corrected chi connectivity index (χ4v) is 2.52. The minimum atomic E-state index is -0.535. The van der Waals surface area contributed by atoms with Gasteiger partial charge in [-0.2, -0.15) is 10.2 Å². The molecule has 3 heterocycles. The Labute approximate surface area is 119 Å². The van der Waals surface area contributed by atoms with Gasteiger partial charge in [-0.05, 0) is 6.92 Å². The van der Waals surface area contributed by atoms with Crippen LogP contribution in [0.4, 0.5) is 5.82 Å². The van der Waals surface area contributed by atoms with Gasteiger partial charge >= 0.3 is 5.97 Å². The van der Waals surface area contributed by atoms with E-state index in [9.17, 15) is 9.59 Å². The number of esters is 1. The highest BCUT2D eigenvalue weighted by Gasteiger charge is 2.36. The Morgan fingerprint density at radius 2 is 2.38 bits per heavy atom. The number of nitrogens with one attached hydrogen (secondary N) is 2. The number of rotatable bonds is 3. The molecule has 1 atom stereocenters. The van der Waals surface area contributed by atoms with Crippen LogP contribution in [0.5, 0.6) is 0 Å². The van der Waals surface area contributed by atoms with Gasteiger partial charge in [-0.1, -0.05) is 0 Å². The number of ether oxygens (including phenoxy) is 1. The molecule has 0 saturated carbocycles. The number of hydrogen-bond acceptors (Lipinski definition) is 6. The number of fused-ring (bicyclic) bond motifs is 1. The molecule has 2 N–H and O–H groups in total. The molecule has 0 unspecified atom stereocenters. The van der Waals surface area contributed by atoms with Crippen molar-refractivity contribution in [1.29, 1.82) is 0 Å². The number of aryl methyl sites for hydroxylation is 1. The number of anilines is 1. The summed E-state index contributed by atoms with van der Waals surface area (Å²) in [6, 6.07) is 0. The molecule has 0 bridgehead atoms. The second kappa shape index (κ2) is 5.00. The number of aromatic nitrogens is 5. The van der Waals surface area contributed by atoms with E-state index in [1.807, 2.05) is 6.92 Å². The van der Waals surface area contributed by atoms with Crippen LogP contribution in [-0.2, 0) is 16.1 Å². The van der Waals surface area contributed by atoms with E-state index >= 15 is 0 Å². The maximum Gasteiger partial charge on any atom is 0.356 e. The molecule has 3 rings (SSSR count). The van der Waals surface area contributed by atoms with E-state index in [4.69, 9.17) is 4.74 Å². The number of H-pyrrole nitrogens is 1. The van der Waals surface area contributed by atoms with Crippen LogP contribution in [0.1, 0.15) is 41.1 Å². The lowest BCUT2D eigenvalue weighted by Gasteiger charge is -2.22. The monoisotopic (exact) mass is 290 g/mol.